The van der Waals surface area contributed by atoms with E-state index in [1.54, 1.807) is 7.11 Å². The lowest BCUT2D eigenvalue weighted by molar-refractivity contribution is -0.0425. The van der Waals surface area contributed by atoms with Crippen LogP contribution >= 0.6 is 0 Å². The van der Waals surface area contributed by atoms with Crippen molar-refractivity contribution in [1.29, 1.82) is 0 Å². The summed E-state index contributed by atoms with van der Waals surface area (Å²) in [5, 5.41) is 19.4. The van der Waals surface area contributed by atoms with E-state index < -0.39 is 18.0 Å². The maximum absolute atomic E-state index is 13.1. The van der Waals surface area contributed by atoms with Crippen LogP contribution in [-0.4, -0.2) is 49.4 Å². The van der Waals surface area contributed by atoms with Gasteiger partial charge >= 0.3 is 0 Å². The van der Waals surface area contributed by atoms with Crippen LogP contribution in [0.4, 0.5) is 4.39 Å². The van der Waals surface area contributed by atoms with Crippen LogP contribution in [0.1, 0.15) is 25.5 Å². The molecule has 3 atom stereocenters. The predicted octanol–water partition coefficient (Wildman–Crippen LogP) is 1.67. The molecule has 0 radical (unpaired) electrons. The van der Waals surface area contributed by atoms with Gasteiger partial charge in [-0.1, -0.05) is 0 Å². The van der Waals surface area contributed by atoms with Crippen molar-refractivity contribution in [2.75, 3.05) is 26.9 Å². The van der Waals surface area contributed by atoms with Gasteiger partial charge in [-0.25, -0.2) is 4.39 Å². The first-order chi connectivity index (χ1) is 9.93. The summed E-state index contributed by atoms with van der Waals surface area (Å²) in [4.78, 5) is 0. The number of hydrogen-bond donors (Lipinski definition) is 2. The lowest BCUT2D eigenvalue weighted by Crippen LogP contribution is -2.27. The maximum Gasteiger partial charge on any atom is 0.125 e. The van der Waals surface area contributed by atoms with Crippen LogP contribution in [0.3, 0.4) is 0 Å². The molecule has 21 heavy (non-hydrogen) atoms. The minimum Gasteiger partial charge on any atom is -0.490 e. The van der Waals surface area contributed by atoms with Crippen LogP contribution in [0.15, 0.2) is 18.2 Å². The van der Waals surface area contributed by atoms with Gasteiger partial charge in [0.25, 0.3) is 0 Å². The van der Waals surface area contributed by atoms with E-state index in [0.717, 1.165) is 0 Å². The van der Waals surface area contributed by atoms with E-state index in [1.807, 2.05) is 6.92 Å². The van der Waals surface area contributed by atoms with Gasteiger partial charge in [-0.15, -0.1) is 0 Å². The Bertz CT molecular complexity index is 425. The summed E-state index contributed by atoms with van der Waals surface area (Å²) in [5.74, 6) is -0.106. The van der Waals surface area contributed by atoms with Crippen LogP contribution in [0.5, 0.6) is 5.75 Å². The molecule has 0 aliphatic heterocycles. The van der Waals surface area contributed by atoms with E-state index in [1.165, 1.54) is 25.1 Å². The number of hydrogen-bond acceptors (Lipinski definition) is 5. The van der Waals surface area contributed by atoms with Crippen LogP contribution in [0.2, 0.25) is 0 Å². The second kappa shape index (κ2) is 8.94. The Morgan fingerprint density at radius 3 is 2.48 bits per heavy atom. The lowest BCUT2D eigenvalue weighted by atomic mass is 10.1. The molecule has 0 saturated heterocycles. The summed E-state index contributed by atoms with van der Waals surface area (Å²) in [5.41, 5.74) is 0.343. The number of rotatable bonds is 9. The largest absolute Gasteiger partial charge is 0.490 e. The van der Waals surface area contributed by atoms with Gasteiger partial charge in [-0.05, 0) is 32.0 Å². The highest BCUT2D eigenvalue weighted by molar-refractivity contribution is 5.35. The highest BCUT2D eigenvalue weighted by Crippen LogP contribution is 2.26. The highest BCUT2D eigenvalue weighted by atomic mass is 19.1. The van der Waals surface area contributed by atoms with Crippen LogP contribution in [0, 0.1) is 5.82 Å². The molecule has 5 nitrogen and oxygen atoms in total. The number of aliphatic hydroxyl groups excluding tert-OH is 2. The zero-order valence-corrected chi connectivity index (χ0v) is 12.6. The number of benzene rings is 1. The molecular formula is C15H23FO5. The van der Waals surface area contributed by atoms with Crippen molar-refractivity contribution in [3.63, 3.8) is 0 Å². The van der Waals surface area contributed by atoms with Gasteiger partial charge < -0.3 is 24.4 Å². The topological polar surface area (TPSA) is 68.2 Å². The zero-order chi connectivity index (χ0) is 15.8. The number of ether oxygens (including phenoxy) is 3. The quantitative estimate of drug-likeness (QED) is 0.726. The zero-order valence-electron chi connectivity index (χ0n) is 12.6. The molecule has 0 aliphatic carbocycles. The van der Waals surface area contributed by atoms with Gasteiger partial charge in [-0.3, -0.25) is 0 Å². The molecular weight excluding hydrogens is 279 g/mol. The molecule has 3 unspecified atom stereocenters. The molecule has 0 fully saturated rings. The third-order valence-corrected chi connectivity index (χ3v) is 2.83. The lowest BCUT2D eigenvalue weighted by Gasteiger charge is -2.18. The van der Waals surface area contributed by atoms with Crippen molar-refractivity contribution in [2.24, 2.45) is 0 Å². The van der Waals surface area contributed by atoms with E-state index in [-0.39, 0.29) is 19.3 Å². The smallest absolute Gasteiger partial charge is 0.125 e. The van der Waals surface area contributed by atoms with Gasteiger partial charge in [0.1, 0.15) is 24.3 Å². The van der Waals surface area contributed by atoms with Gasteiger partial charge in [0.05, 0.1) is 25.4 Å². The average molecular weight is 302 g/mol. The maximum atomic E-state index is 13.1. The Labute approximate surface area is 124 Å². The summed E-state index contributed by atoms with van der Waals surface area (Å²) in [7, 11) is 1.57. The van der Waals surface area contributed by atoms with Crippen LogP contribution in [-0.2, 0) is 9.47 Å². The van der Waals surface area contributed by atoms with Crippen LogP contribution < -0.4 is 4.74 Å². The Balaban J connectivity index is 2.47. The second-order valence-electron chi connectivity index (χ2n) is 4.92. The molecule has 0 aromatic heterocycles. The fourth-order valence-electron chi connectivity index (χ4n) is 1.77. The molecule has 6 heteroatoms. The van der Waals surface area contributed by atoms with Gasteiger partial charge in [0, 0.05) is 12.7 Å². The SMILES string of the molecule is COCC(C)OCC(O)COc1ccc(F)cc1C(C)O. The summed E-state index contributed by atoms with van der Waals surface area (Å²) in [6, 6.07) is 3.88. The molecule has 0 amide bonds. The first kappa shape index (κ1) is 17.8. The molecule has 120 valence electrons. The fraction of sp³-hybridized carbons (Fsp3) is 0.600. The second-order valence-corrected chi connectivity index (χ2v) is 4.92. The minimum atomic E-state index is -0.856. The molecule has 2 N–H and O–H groups in total. The first-order valence-electron chi connectivity index (χ1n) is 6.83. The highest BCUT2D eigenvalue weighted by Gasteiger charge is 2.13. The van der Waals surface area contributed by atoms with Crippen molar-refractivity contribution in [2.45, 2.75) is 32.2 Å². The summed E-state index contributed by atoms with van der Waals surface area (Å²) in [6.07, 6.45) is -1.80. The van der Waals surface area contributed by atoms with Crippen molar-refractivity contribution < 1.29 is 28.8 Å². The number of methoxy groups -OCH3 is 1. The molecule has 1 aromatic rings. The fourth-order valence-corrected chi connectivity index (χ4v) is 1.77. The normalized spacial score (nSPS) is 15.5. The Hall–Kier alpha value is -1.21. The first-order valence-corrected chi connectivity index (χ1v) is 6.83. The molecule has 0 bridgehead atoms. The third-order valence-electron chi connectivity index (χ3n) is 2.83. The molecule has 0 aliphatic rings. The third kappa shape index (κ3) is 6.39. The van der Waals surface area contributed by atoms with Gasteiger partial charge in [0.2, 0.25) is 0 Å². The van der Waals surface area contributed by atoms with Crippen LogP contribution in [0.25, 0.3) is 0 Å². The predicted molar refractivity (Wildman–Crippen MR) is 75.8 cm³/mol. The summed E-state index contributed by atoms with van der Waals surface area (Å²) in [6.45, 7) is 3.90. The number of aliphatic hydroxyl groups is 2. The Morgan fingerprint density at radius 1 is 1.14 bits per heavy atom. The van der Waals surface area contributed by atoms with Gasteiger partial charge in [0.15, 0.2) is 0 Å². The average Bonchev–Trinajstić information content (AvgIpc) is 2.44. The molecule has 1 aromatic carbocycles. The number of halogens is 1. The van der Waals surface area contributed by atoms with E-state index >= 15 is 0 Å². The van der Waals surface area contributed by atoms with E-state index in [4.69, 9.17) is 14.2 Å². The van der Waals surface area contributed by atoms with Crippen molar-refractivity contribution >= 4 is 0 Å². The summed E-state index contributed by atoms with van der Waals surface area (Å²) >= 11 is 0. The Kier molecular flexibility index (Phi) is 7.60. The van der Waals surface area contributed by atoms with E-state index in [2.05, 4.69) is 0 Å². The van der Waals surface area contributed by atoms with Gasteiger partial charge in [-0.2, -0.15) is 0 Å². The standard InChI is InChI=1S/C15H23FO5/c1-10(7-19-3)20-8-13(18)9-21-15-5-4-12(16)6-14(15)11(2)17/h4-6,10-11,13,17-18H,7-9H2,1-3H3. The van der Waals surface area contributed by atoms with E-state index in [9.17, 15) is 14.6 Å². The van der Waals surface area contributed by atoms with Crippen molar-refractivity contribution in [3.05, 3.63) is 29.6 Å². The van der Waals surface area contributed by atoms with Crippen molar-refractivity contribution in [3.8, 4) is 5.75 Å². The minimum absolute atomic E-state index is 0.00887. The molecule has 0 saturated carbocycles. The Morgan fingerprint density at radius 2 is 1.86 bits per heavy atom. The summed E-state index contributed by atoms with van der Waals surface area (Å²) < 4.78 is 28.8. The molecule has 1 rings (SSSR count). The molecule has 0 heterocycles. The molecule has 0 spiro atoms. The monoisotopic (exact) mass is 302 g/mol. The van der Waals surface area contributed by atoms with Crippen molar-refractivity contribution in [1.82, 2.24) is 0 Å². The van der Waals surface area contributed by atoms with E-state index in [0.29, 0.717) is 17.9 Å².